The molecule has 0 aliphatic carbocycles. The van der Waals surface area contributed by atoms with Crippen LogP contribution in [-0.2, 0) is 0 Å². The van der Waals surface area contributed by atoms with Crippen LogP contribution in [0.2, 0.25) is 0 Å². The molecule has 2 N–H and O–H groups in total. The van der Waals surface area contributed by atoms with Gasteiger partial charge in [-0.25, -0.2) is 9.18 Å². The molecule has 0 aromatic heterocycles. The van der Waals surface area contributed by atoms with Gasteiger partial charge in [0, 0.05) is 11.8 Å². The van der Waals surface area contributed by atoms with E-state index in [1.807, 2.05) is 0 Å². The predicted octanol–water partition coefficient (Wildman–Crippen LogP) is 4.33. The molecule has 0 bridgehead atoms. The zero-order valence-corrected chi connectivity index (χ0v) is 14.9. The Morgan fingerprint density at radius 1 is 1.00 bits per heavy atom. The lowest BCUT2D eigenvalue weighted by Gasteiger charge is -2.17. The number of ether oxygens (including phenoxy) is 3. The quantitative estimate of drug-likeness (QED) is 0.746. The maximum absolute atomic E-state index is 13.8. The number of anilines is 1. The molecule has 0 saturated carbocycles. The second-order valence-electron chi connectivity index (χ2n) is 5.46. The molecule has 2 rings (SSSR count). The molecule has 0 spiro atoms. The molecule has 0 heterocycles. The summed E-state index contributed by atoms with van der Waals surface area (Å²) >= 11 is 0. The van der Waals surface area contributed by atoms with Crippen molar-refractivity contribution in [2.24, 2.45) is 0 Å². The molecule has 146 valence electrons. The largest absolute Gasteiger partial charge is 0.494 e. The van der Waals surface area contributed by atoms with Crippen molar-refractivity contribution < 1.29 is 32.2 Å². The predicted molar refractivity (Wildman–Crippen MR) is 93.1 cm³/mol. The fraction of sp³-hybridized carbons (Fsp3) is 0.278. The van der Waals surface area contributed by atoms with Gasteiger partial charge < -0.3 is 24.8 Å². The number of benzene rings is 2. The van der Waals surface area contributed by atoms with Crippen molar-refractivity contribution in [3.63, 3.8) is 0 Å². The van der Waals surface area contributed by atoms with Gasteiger partial charge in [0.1, 0.15) is 0 Å². The summed E-state index contributed by atoms with van der Waals surface area (Å²) in [6.45, 7) is -1.37. The van der Waals surface area contributed by atoms with Crippen LogP contribution in [0.1, 0.15) is 18.5 Å². The second kappa shape index (κ2) is 9.02. The summed E-state index contributed by atoms with van der Waals surface area (Å²) in [5.41, 5.74) is 0.747. The van der Waals surface area contributed by atoms with Crippen LogP contribution in [0.25, 0.3) is 0 Å². The molecule has 0 aliphatic rings. The van der Waals surface area contributed by atoms with Crippen molar-refractivity contribution >= 4 is 11.7 Å². The minimum absolute atomic E-state index is 0.0974. The Labute approximate surface area is 154 Å². The number of halogens is 3. The number of alkyl halides is 2. The summed E-state index contributed by atoms with van der Waals surface area (Å²) in [6, 6.07) is 7.28. The van der Waals surface area contributed by atoms with Crippen LogP contribution in [0.3, 0.4) is 0 Å². The van der Waals surface area contributed by atoms with Crippen molar-refractivity contribution in [3.8, 4) is 17.2 Å². The number of urea groups is 1. The SMILES string of the molecule is COc1ccc(C(C)NC(=O)Nc2ccc(OC)c(OC(F)F)c2)cc1F. The van der Waals surface area contributed by atoms with Crippen molar-refractivity contribution in [3.05, 3.63) is 47.8 Å². The lowest BCUT2D eigenvalue weighted by molar-refractivity contribution is -0.0511. The third-order valence-corrected chi connectivity index (χ3v) is 3.66. The summed E-state index contributed by atoms with van der Waals surface area (Å²) in [4.78, 5) is 12.1. The van der Waals surface area contributed by atoms with Crippen molar-refractivity contribution in [1.82, 2.24) is 5.32 Å². The highest BCUT2D eigenvalue weighted by Crippen LogP contribution is 2.31. The molecule has 2 amide bonds. The number of hydrogen-bond acceptors (Lipinski definition) is 4. The summed E-state index contributed by atoms with van der Waals surface area (Å²) in [7, 11) is 2.66. The smallest absolute Gasteiger partial charge is 0.387 e. The molecular formula is C18H19F3N2O4. The third kappa shape index (κ3) is 5.44. The van der Waals surface area contributed by atoms with Gasteiger partial charge in [-0.3, -0.25) is 0 Å². The highest BCUT2D eigenvalue weighted by molar-refractivity contribution is 5.89. The number of carbonyl (C=O) groups is 1. The van der Waals surface area contributed by atoms with E-state index in [1.165, 1.54) is 44.6 Å². The molecule has 6 nitrogen and oxygen atoms in total. The Morgan fingerprint density at radius 3 is 2.26 bits per heavy atom. The van der Waals surface area contributed by atoms with Gasteiger partial charge >= 0.3 is 12.6 Å². The summed E-state index contributed by atoms with van der Waals surface area (Å²) in [5, 5.41) is 5.12. The van der Waals surface area contributed by atoms with Crippen LogP contribution in [0.4, 0.5) is 23.7 Å². The van der Waals surface area contributed by atoms with Crippen LogP contribution in [-0.4, -0.2) is 26.9 Å². The summed E-state index contributed by atoms with van der Waals surface area (Å²) < 4.78 is 52.8. The molecule has 0 saturated heterocycles. The monoisotopic (exact) mass is 384 g/mol. The number of rotatable bonds is 7. The normalized spacial score (nSPS) is 11.7. The minimum Gasteiger partial charge on any atom is -0.494 e. The molecule has 27 heavy (non-hydrogen) atoms. The van der Waals surface area contributed by atoms with Gasteiger partial charge in [-0.15, -0.1) is 0 Å². The third-order valence-electron chi connectivity index (χ3n) is 3.66. The molecule has 2 aromatic carbocycles. The van der Waals surface area contributed by atoms with Gasteiger partial charge in [0.25, 0.3) is 0 Å². The Morgan fingerprint density at radius 2 is 1.67 bits per heavy atom. The second-order valence-corrected chi connectivity index (χ2v) is 5.46. The van der Waals surface area contributed by atoms with Gasteiger partial charge in [0.2, 0.25) is 0 Å². The first-order chi connectivity index (χ1) is 12.8. The molecule has 0 aliphatic heterocycles. The fourth-order valence-corrected chi connectivity index (χ4v) is 2.34. The van der Waals surface area contributed by atoms with Crippen molar-refractivity contribution in [1.29, 1.82) is 0 Å². The fourth-order valence-electron chi connectivity index (χ4n) is 2.34. The van der Waals surface area contributed by atoms with Gasteiger partial charge in [-0.1, -0.05) is 6.07 Å². The topological polar surface area (TPSA) is 68.8 Å². The molecule has 9 heteroatoms. The Kier molecular flexibility index (Phi) is 6.75. The van der Waals surface area contributed by atoms with E-state index in [9.17, 15) is 18.0 Å². The Bertz CT molecular complexity index is 802. The minimum atomic E-state index is -3.03. The molecule has 2 aromatic rings. The van der Waals surface area contributed by atoms with E-state index in [-0.39, 0.29) is 22.9 Å². The van der Waals surface area contributed by atoms with E-state index in [4.69, 9.17) is 9.47 Å². The maximum Gasteiger partial charge on any atom is 0.387 e. The molecule has 0 radical (unpaired) electrons. The number of nitrogens with one attached hydrogen (secondary N) is 2. The number of methoxy groups -OCH3 is 2. The van der Waals surface area contributed by atoms with E-state index in [2.05, 4.69) is 15.4 Å². The average molecular weight is 384 g/mol. The Hall–Kier alpha value is -3.10. The van der Waals surface area contributed by atoms with Gasteiger partial charge in [0.15, 0.2) is 23.1 Å². The Balaban J connectivity index is 2.05. The number of carbonyl (C=O) groups excluding carboxylic acids is 1. The van der Waals surface area contributed by atoms with E-state index in [0.29, 0.717) is 5.56 Å². The number of hydrogen-bond donors (Lipinski definition) is 2. The first-order valence-electron chi connectivity index (χ1n) is 7.87. The average Bonchev–Trinajstić information content (AvgIpc) is 2.61. The molecule has 1 unspecified atom stereocenters. The highest BCUT2D eigenvalue weighted by Gasteiger charge is 2.15. The van der Waals surface area contributed by atoms with Crippen molar-refractivity contribution in [2.45, 2.75) is 19.6 Å². The zero-order valence-electron chi connectivity index (χ0n) is 14.9. The van der Waals surface area contributed by atoms with Gasteiger partial charge in [-0.05, 0) is 36.8 Å². The van der Waals surface area contributed by atoms with Gasteiger partial charge in [0.05, 0.1) is 20.3 Å². The lowest BCUT2D eigenvalue weighted by Crippen LogP contribution is -2.31. The van der Waals surface area contributed by atoms with Crippen LogP contribution in [0, 0.1) is 5.82 Å². The highest BCUT2D eigenvalue weighted by atomic mass is 19.3. The lowest BCUT2D eigenvalue weighted by atomic mass is 10.1. The summed E-state index contributed by atoms with van der Waals surface area (Å²) in [5.74, 6) is -0.563. The molecule has 0 fully saturated rings. The first kappa shape index (κ1) is 20.2. The van der Waals surface area contributed by atoms with E-state index in [1.54, 1.807) is 13.0 Å². The molecular weight excluding hydrogens is 365 g/mol. The zero-order chi connectivity index (χ0) is 20.0. The maximum atomic E-state index is 13.8. The van der Waals surface area contributed by atoms with Crippen LogP contribution in [0.5, 0.6) is 17.2 Å². The number of amides is 2. The van der Waals surface area contributed by atoms with E-state index < -0.39 is 24.5 Å². The van der Waals surface area contributed by atoms with E-state index in [0.717, 1.165) is 0 Å². The van der Waals surface area contributed by atoms with Crippen LogP contribution in [0.15, 0.2) is 36.4 Å². The van der Waals surface area contributed by atoms with Crippen molar-refractivity contribution in [2.75, 3.05) is 19.5 Å². The van der Waals surface area contributed by atoms with Crippen LogP contribution < -0.4 is 24.8 Å². The first-order valence-corrected chi connectivity index (χ1v) is 7.87. The standard InChI is InChI=1S/C18H19F3N2O4/c1-10(11-4-6-14(25-2)13(19)8-11)22-18(24)23-12-5-7-15(26-3)16(9-12)27-17(20)21/h4-10,17H,1-3H3,(H2,22,23,24). The van der Waals surface area contributed by atoms with E-state index >= 15 is 0 Å². The van der Waals surface area contributed by atoms with Gasteiger partial charge in [-0.2, -0.15) is 8.78 Å². The van der Waals surface area contributed by atoms with Crippen LogP contribution >= 0.6 is 0 Å². The summed E-state index contributed by atoms with van der Waals surface area (Å²) in [6.07, 6.45) is 0. The molecule has 1 atom stereocenters.